The van der Waals surface area contributed by atoms with E-state index in [1.165, 1.54) is 0 Å². The lowest BCUT2D eigenvalue weighted by Crippen LogP contribution is -2.16. The number of aliphatic hydroxyl groups is 1. The van der Waals surface area contributed by atoms with Gasteiger partial charge in [0.15, 0.2) is 0 Å². The average Bonchev–Trinajstić information content (AvgIpc) is 2.79. The standard InChI is InChI=1S/C13H14BrNO2/c14-11-3-1-10(2-4-11)13-6-5-12(17-13)9-15-7-8-16/h1-6,15-16H,7-9H2. The van der Waals surface area contributed by atoms with Crippen LogP contribution in [0.3, 0.4) is 0 Å². The molecule has 0 amide bonds. The third kappa shape index (κ3) is 3.43. The van der Waals surface area contributed by atoms with Crippen molar-refractivity contribution in [1.82, 2.24) is 5.32 Å². The molecule has 0 aliphatic heterocycles. The normalized spacial score (nSPS) is 10.7. The average molecular weight is 296 g/mol. The molecule has 1 aromatic heterocycles. The van der Waals surface area contributed by atoms with Gasteiger partial charge in [0.05, 0.1) is 13.2 Å². The summed E-state index contributed by atoms with van der Waals surface area (Å²) in [6, 6.07) is 11.9. The molecule has 2 aromatic rings. The van der Waals surface area contributed by atoms with Crippen LogP contribution >= 0.6 is 15.9 Å². The molecule has 0 saturated carbocycles. The summed E-state index contributed by atoms with van der Waals surface area (Å²) >= 11 is 3.40. The van der Waals surface area contributed by atoms with Gasteiger partial charge >= 0.3 is 0 Å². The number of hydrogen-bond donors (Lipinski definition) is 2. The number of benzene rings is 1. The highest BCUT2D eigenvalue weighted by molar-refractivity contribution is 9.10. The van der Waals surface area contributed by atoms with Crippen molar-refractivity contribution in [3.8, 4) is 11.3 Å². The first-order valence-electron chi connectivity index (χ1n) is 5.46. The van der Waals surface area contributed by atoms with Crippen LogP contribution in [-0.2, 0) is 6.54 Å². The molecular weight excluding hydrogens is 282 g/mol. The van der Waals surface area contributed by atoms with E-state index >= 15 is 0 Å². The van der Waals surface area contributed by atoms with E-state index in [9.17, 15) is 0 Å². The molecule has 17 heavy (non-hydrogen) atoms. The molecular formula is C13H14BrNO2. The Hall–Kier alpha value is -1.10. The SMILES string of the molecule is OCCNCc1ccc(-c2ccc(Br)cc2)o1. The molecule has 90 valence electrons. The largest absolute Gasteiger partial charge is 0.460 e. The van der Waals surface area contributed by atoms with Gasteiger partial charge in [-0.2, -0.15) is 0 Å². The zero-order valence-corrected chi connectivity index (χ0v) is 10.9. The lowest BCUT2D eigenvalue weighted by Gasteiger charge is -1.99. The molecule has 0 radical (unpaired) electrons. The van der Waals surface area contributed by atoms with Gasteiger partial charge in [-0.25, -0.2) is 0 Å². The lowest BCUT2D eigenvalue weighted by molar-refractivity contribution is 0.290. The second-order valence-electron chi connectivity index (χ2n) is 3.67. The van der Waals surface area contributed by atoms with Crippen LogP contribution in [0.25, 0.3) is 11.3 Å². The van der Waals surface area contributed by atoms with Crippen LogP contribution in [-0.4, -0.2) is 18.3 Å². The number of hydrogen-bond acceptors (Lipinski definition) is 3. The fourth-order valence-corrected chi connectivity index (χ4v) is 1.80. The molecule has 1 heterocycles. The van der Waals surface area contributed by atoms with Crippen molar-refractivity contribution in [3.05, 3.63) is 46.6 Å². The zero-order chi connectivity index (χ0) is 12.1. The second kappa shape index (κ2) is 6.00. The number of nitrogens with one attached hydrogen (secondary N) is 1. The Labute approximate surface area is 109 Å². The van der Waals surface area contributed by atoms with E-state index in [2.05, 4.69) is 21.2 Å². The van der Waals surface area contributed by atoms with Crippen molar-refractivity contribution < 1.29 is 9.52 Å². The van der Waals surface area contributed by atoms with Crippen LogP contribution in [0, 0.1) is 0 Å². The fraction of sp³-hybridized carbons (Fsp3) is 0.231. The molecule has 0 spiro atoms. The molecule has 2 rings (SSSR count). The molecule has 0 unspecified atom stereocenters. The first kappa shape index (κ1) is 12.4. The smallest absolute Gasteiger partial charge is 0.134 e. The molecule has 0 fully saturated rings. The van der Waals surface area contributed by atoms with Gasteiger partial charge in [-0.1, -0.05) is 28.1 Å². The fourth-order valence-electron chi connectivity index (χ4n) is 1.53. The highest BCUT2D eigenvalue weighted by atomic mass is 79.9. The zero-order valence-electron chi connectivity index (χ0n) is 9.32. The summed E-state index contributed by atoms with van der Waals surface area (Å²) in [7, 11) is 0. The van der Waals surface area contributed by atoms with Gasteiger partial charge in [-0.15, -0.1) is 0 Å². The first-order chi connectivity index (χ1) is 8.29. The van der Waals surface area contributed by atoms with E-state index in [-0.39, 0.29) is 6.61 Å². The van der Waals surface area contributed by atoms with Crippen molar-refractivity contribution in [1.29, 1.82) is 0 Å². The van der Waals surface area contributed by atoms with E-state index in [1.807, 2.05) is 36.4 Å². The van der Waals surface area contributed by atoms with Gasteiger partial charge in [0.1, 0.15) is 11.5 Å². The minimum absolute atomic E-state index is 0.139. The predicted molar refractivity (Wildman–Crippen MR) is 70.6 cm³/mol. The third-order valence-corrected chi connectivity index (χ3v) is 2.91. The number of rotatable bonds is 5. The van der Waals surface area contributed by atoms with Crippen molar-refractivity contribution in [2.24, 2.45) is 0 Å². The van der Waals surface area contributed by atoms with Crippen LogP contribution in [0.2, 0.25) is 0 Å². The monoisotopic (exact) mass is 295 g/mol. The topological polar surface area (TPSA) is 45.4 Å². The molecule has 1 aromatic carbocycles. The molecule has 0 saturated heterocycles. The predicted octanol–water partition coefficient (Wildman–Crippen LogP) is 2.79. The summed E-state index contributed by atoms with van der Waals surface area (Å²) in [4.78, 5) is 0. The summed E-state index contributed by atoms with van der Waals surface area (Å²) in [5.74, 6) is 1.73. The lowest BCUT2D eigenvalue weighted by atomic mass is 10.2. The van der Waals surface area contributed by atoms with E-state index in [4.69, 9.17) is 9.52 Å². The summed E-state index contributed by atoms with van der Waals surface area (Å²) in [6.07, 6.45) is 0. The maximum Gasteiger partial charge on any atom is 0.134 e. The number of halogens is 1. The van der Waals surface area contributed by atoms with Crippen molar-refractivity contribution in [3.63, 3.8) is 0 Å². The van der Waals surface area contributed by atoms with E-state index < -0.39 is 0 Å². The van der Waals surface area contributed by atoms with Gasteiger partial charge in [-0.05, 0) is 24.3 Å². The first-order valence-corrected chi connectivity index (χ1v) is 6.25. The van der Waals surface area contributed by atoms with Crippen LogP contribution in [0.5, 0.6) is 0 Å². The Morgan fingerprint density at radius 1 is 1.12 bits per heavy atom. The Bertz CT molecular complexity index is 465. The minimum Gasteiger partial charge on any atom is -0.460 e. The molecule has 0 aliphatic rings. The number of aliphatic hydroxyl groups excluding tert-OH is 1. The molecule has 0 bridgehead atoms. The Balaban J connectivity index is 2.04. The minimum atomic E-state index is 0.139. The van der Waals surface area contributed by atoms with Crippen LogP contribution in [0.1, 0.15) is 5.76 Å². The summed E-state index contributed by atoms with van der Waals surface area (Å²) in [5.41, 5.74) is 1.06. The Morgan fingerprint density at radius 3 is 2.59 bits per heavy atom. The maximum absolute atomic E-state index is 8.66. The van der Waals surface area contributed by atoms with Gasteiger partial charge in [0.25, 0.3) is 0 Å². The van der Waals surface area contributed by atoms with E-state index in [0.717, 1.165) is 21.6 Å². The van der Waals surface area contributed by atoms with Gasteiger partial charge in [0, 0.05) is 16.6 Å². The quantitative estimate of drug-likeness (QED) is 0.834. The van der Waals surface area contributed by atoms with Crippen molar-refractivity contribution >= 4 is 15.9 Å². The third-order valence-electron chi connectivity index (χ3n) is 2.38. The number of furan rings is 1. The molecule has 0 atom stereocenters. The molecule has 4 heteroatoms. The summed E-state index contributed by atoms with van der Waals surface area (Å²) in [5, 5.41) is 11.7. The molecule has 0 aliphatic carbocycles. The Kier molecular flexibility index (Phi) is 4.36. The van der Waals surface area contributed by atoms with E-state index in [1.54, 1.807) is 0 Å². The van der Waals surface area contributed by atoms with Crippen molar-refractivity contribution in [2.45, 2.75) is 6.54 Å². The van der Waals surface area contributed by atoms with E-state index in [0.29, 0.717) is 13.1 Å². The highest BCUT2D eigenvalue weighted by Gasteiger charge is 2.04. The second-order valence-corrected chi connectivity index (χ2v) is 4.59. The molecule has 2 N–H and O–H groups in total. The van der Waals surface area contributed by atoms with Crippen LogP contribution in [0.15, 0.2) is 45.3 Å². The molecule has 3 nitrogen and oxygen atoms in total. The van der Waals surface area contributed by atoms with Gasteiger partial charge in [-0.3, -0.25) is 0 Å². The van der Waals surface area contributed by atoms with Crippen LogP contribution < -0.4 is 5.32 Å². The Morgan fingerprint density at radius 2 is 1.88 bits per heavy atom. The highest BCUT2D eigenvalue weighted by Crippen LogP contribution is 2.23. The van der Waals surface area contributed by atoms with Crippen LogP contribution in [0.4, 0.5) is 0 Å². The maximum atomic E-state index is 8.66. The van der Waals surface area contributed by atoms with Crippen molar-refractivity contribution in [2.75, 3.05) is 13.2 Å². The van der Waals surface area contributed by atoms with Gasteiger partial charge < -0.3 is 14.8 Å². The summed E-state index contributed by atoms with van der Waals surface area (Å²) in [6.45, 7) is 1.35. The summed E-state index contributed by atoms with van der Waals surface area (Å²) < 4.78 is 6.75. The van der Waals surface area contributed by atoms with Gasteiger partial charge in [0.2, 0.25) is 0 Å².